The number of nitrogens with zero attached hydrogens (tertiary/aromatic N) is 3. The smallest absolute Gasteiger partial charge is 0.231 e. The summed E-state index contributed by atoms with van der Waals surface area (Å²) in [5, 5.41) is 12.4. The van der Waals surface area contributed by atoms with E-state index in [1.165, 1.54) is 16.9 Å². The second-order valence-electron chi connectivity index (χ2n) is 7.09. The number of carbonyl (C=O) groups is 2. The number of ether oxygens (including phenoxy) is 2. The molecular weight excluding hydrogens is 392 g/mol. The Morgan fingerprint density at radius 2 is 2.03 bits per heavy atom. The van der Waals surface area contributed by atoms with Gasteiger partial charge in [0.15, 0.2) is 0 Å². The normalized spacial score (nSPS) is 17.4. The fourth-order valence-corrected chi connectivity index (χ4v) is 4.06. The third-order valence-corrected chi connectivity index (χ3v) is 5.85. The second-order valence-corrected chi connectivity index (χ2v) is 8.15. The van der Waals surface area contributed by atoms with Gasteiger partial charge in [0.1, 0.15) is 10.8 Å². The van der Waals surface area contributed by atoms with Crippen LogP contribution in [0.5, 0.6) is 5.75 Å². The van der Waals surface area contributed by atoms with Gasteiger partial charge in [-0.2, -0.15) is 0 Å². The molecule has 0 spiro atoms. The number of hydrogen-bond donors (Lipinski definition) is 1. The average molecular weight is 419 g/mol. The fraction of sp³-hybridized carbons (Fsp3) is 0.500. The molecule has 156 valence electrons. The minimum Gasteiger partial charge on any atom is -0.497 e. The molecule has 0 unspecified atom stereocenters. The lowest BCUT2D eigenvalue weighted by Crippen LogP contribution is -2.38. The van der Waals surface area contributed by atoms with Gasteiger partial charge < -0.3 is 19.7 Å². The molecule has 1 aromatic carbocycles. The van der Waals surface area contributed by atoms with E-state index < -0.39 is 0 Å². The third-order valence-electron chi connectivity index (χ3n) is 4.95. The second kappa shape index (κ2) is 9.80. The standard InChI is InChI=1S/C20H26N4O4S/c1-13(12-27-2)24-11-15(10-18(24)25)19(26)21-20-23-22-17(29-20)9-6-14-4-7-16(28-3)8-5-14/h4-5,7-8,13,15H,6,9-12H2,1-3H3,(H,21,23,26)/t13-,15+/m0/s1. The summed E-state index contributed by atoms with van der Waals surface area (Å²) in [6.07, 6.45) is 1.78. The molecule has 0 saturated carbocycles. The average Bonchev–Trinajstić information content (AvgIpc) is 3.33. The fourth-order valence-electron chi connectivity index (χ4n) is 3.32. The molecule has 1 aliphatic rings. The number of anilines is 1. The van der Waals surface area contributed by atoms with Crippen LogP contribution in [0, 0.1) is 5.92 Å². The summed E-state index contributed by atoms with van der Waals surface area (Å²) < 4.78 is 10.3. The predicted octanol–water partition coefficient (Wildman–Crippen LogP) is 2.15. The van der Waals surface area contributed by atoms with E-state index in [4.69, 9.17) is 9.47 Å². The highest BCUT2D eigenvalue weighted by Gasteiger charge is 2.36. The molecule has 0 bridgehead atoms. The van der Waals surface area contributed by atoms with Crippen molar-refractivity contribution in [1.29, 1.82) is 0 Å². The maximum Gasteiger partial charge on any atom is 0.231 e. The molecule has 9 heteroatoms. The summed E-state index contributed by atoms with van der Waals surface area (Å²) in [6, 6.07) is 7.87. The Balaban J connectivity index is 1.50. The highest BCUT2D eigenvalue weighted by molar-refractivity contribution is 7.15. The van der Waals surface area contributed by atoms with E-state index in [0.29, 0.717) is 18.3 Å². The summed E-state index contributed by atoms with van der Waals surface area (Å²) in [5.74, 6) is 0.235. The third kappa shape index (κ3) is 5.51. The van der Waals surface area contributed by atoms with Crippen molar-refractivity contribution in [3.8, 4) is 5.75 Å². The van der Waals surface area contributed by atoms with E-state index >= 15 is 0 Å². The number of amides is 2. The van der Waals surface area contributed by atoms with Crippen LogP contribution in [0.15, 0.2) is 24.3 Å². The Kier molecular flexibility index (Phi) is 7.16. The number of aromatic nitrogens is 2. The summed E-state index contributed by atoms with van der Waals surface area (Å²) in [6.45, 7) is 2.77. The first-order valence-electron chi connectivity index (χ1n) is 9.54. The zero-order valence-corrected chi connectivity index (χ0v) is 17.7. The largest absolute Gasteiger partial charge is 0.497 e. The number of likely N-dealkylation sites (tertiary alicyclic amines) is 1. The van der Waals surface area contributed by atoms with E-state index in [9.17, 15) is 9.59 Å². The lowest BCUT2D eigenvalue weighted by Gasteiger charge is -2.23. The molecule has 1 fully saturated rings. The first-order valence-corrected chi connectivity index (χ1v) is 10.4. The first kappa shape index (κ1) is 21.2. The first-order chi connectivity index (χ1) is 14.0. The molecule has 1 saturated heterocycles. The van der Waals surface area contributed by atoms with Gasteiger partial charge in [0, 0.05) is 26.5 Å². The van der Waals surface area contributed by atoms with Gasteiger partial charge in [-0.15, -0.1) is 10.2 Å². The van der Waals surface area contributed by atoms with Gasteiger partial charge in [-0.3, -0.25) is 9.59 Å². The Bertz CT molecular complexity index is 839. The maximum atomic E-state index is 12.5. The summed E-state index contributed by atoms with van der Waals surface area (Å²) >= 11 is 1.37. The van der Waals surface area contributed by atoms with Gasteiger partial charge in [-0.05, 0) is 31.0 Å². The number of carbonyl (C=O) groups excluding carboxylic acids is 2. The van der Waals surface area contributed by atoms with Crippen LogP contribution in [0.4, 0.5) is 5.13 Å². The van der Waals surface area contributed by atoms with E-state index in [1.807, 2.05) is 31.2 Å². The summed E-state index contributed by atoms with van der Waals surface area (Å²) in [5.41, 5.74) is 1.18. The molecule has 2 aromatic rings. The highest BCUT2D eigenvalue weighted by atomic mass is 32.1. The van der Waals surface area contributed by atoms with Crippen molar-refractivity contribution >= 4 is 28.3 Å². The van der Waals surface area contributed by atoms with Crippen LogP contribution in [0.2, 0.25) is 0 Å². The molecule has 29 heavy (non-hydrogen) atoms. The van der Waals surface area contributed by atoms with Crippen LogP contribution in [0.25, 0.3) is 0 Å². The molecule has 8 nitrogen and oxygen atoms in total. The Morgan fingerprint density at radius 1 is 1.28 bits per heavy atom. The van der Waals surface area contributed by atoms with Crippen LogP contribution in [-0.4, -0.2) is 60.3 Å². The van der Waals surface area contributed by atoms with Crippen LogP contribution in [0.3, 0.4) is 0 Å². The van der Waals surface area contributed by atoms with Crippen molar-refractivity contribution in [3.63, 3.8) is 0 Å². The molecule has 2 amide bonds. The number of benzene rings is 1. The zero-order chi connectivity index (χ0) is 20.8. The Labute approximate surface area is 174 Å². The van der Waals surface area contributed by atoms with Crippen LogP contribution in [0.1, 0.15) is 23.9 Å². The molecule has 2 atom stereocenters. The van der Waals surface area contributed by atoms with Gasteiger partial charge in [0.05, 0.1) is 25.7 Å². The zero-order valence-electron chi connectivity index (χ0n) is 16.9. The number of aryl methyl sites for hydroxylation is 2. The molecule has 1 N–H and O–H groups in total. The Morgan fingerprint density at radius 3 is 2.72 bits per heavy atom. The predicted molar refractivity (Wildman–Crippen MR) is 110 cm³/mol. The van der Waals surface area contributed by atoms with Gasteiger partial charge in [0.25, 0.3) is 0 Å². The van der Waals surface area contributed by atoms with E-state index in [1.54, 1.807) is 19.1 Å². The van der Waals surface area contributed by atoms with E-state index in [2.05, 4.69) is 15.5 Å². The van der Waals surface area contributed by atoms with Crippen molar-refractivity contribution in [2.24, 2.45) is 5.92 Å². The minimum absolute atomic E-state index is 0.0212. The molecule has 1 aromatic heterocycles. The topological polar surface area (TPSA) is 93.7 Å². The molecule has 1 aliphatic heterocycles. The van der Waals surface area contributed by atoms with Gasteiger partial charge in [0.2, 0.25) is 16.9 Å². The lowest BCUT2D eigenvalue weighted by atomic mass is 10.1. The molecule has 3 rings (SSSR count). The van der Waals surface area contributed by atoms with Crippen LogP contribution >= 0.6 is 11.3 Å². The van der Waals surface area contributed by atoms with Gasteiger partial charge >= 0.3 is 0 Å². The lowest BCUT2D eigenvalue weighted by molar-refractivity contribution is -0.130. The Hall–Kier alpha value is -2.52. The molecule has 2 heterocycles. The van der Waals surface area contributed by atoms with Crippen molar-refractivity contribution in [1.82, 2.24) is 15.1 Å². The number of hydrogen-bond acceptors (Lipinski definition) is 7. The maximum absolute atomic E-state index is 12.5. The monoisotopic (exact) mass is 418 g/mol. The van der Waals surface area contributed by atoms with E-state index in [0.717, 1.165) is 23.6 Å². The number of nitrogens with one attached hydrogen (secondary N) is 1. The van der Waals surface area contributed by atoms with Crippen LogP contribution in [-0.2, 0) is 27.2 Å². The van der Waals surface area contributed by atoms with Gasteiger partial charge in [-0.25, -0.2) is 0 Å². The minimum atomic E-state index is -0.381. The van der Waals surface area contributed by atoms with Crippen molar-refractivity contribution in [3.05, 3.63) is 34.8 Å². The van der Waals surface area contributed by atoms with E-state index in [-0.39, 0.29) is 30.2 Å². The molecular formula is C20H26N4O4S. The van der Waals surface area contributed by atoms with Crippen molar-refractivity contribution < 1.29 is 19.1 Å². The molecule has 0 radical (unpaired) electrons. The number of rotatable bonds is 9. The summed E-state index contributed by atoms with van der Waals surface area (Å²) in [7, 11) is 3.24. The van der Waals surface area contributed by atoms with Gasteiger partial charge in [-0.1, -0.05) is 23.5 Å². The van der Waals surface area contributed by atoms with Crippen molar-refractivity contribution in [2.45, 2.75) is 32.2 Å². The van der Waals surface area contributed by atoms with Crippen LogP contribution < -0.4 is 10.1 Å². The quantitative estimate of drug-likeness (QED) is 0.671. The molecule has 0 aliphatic carbocycles. The van der Waals surface area contributed by atoms with Crippen molar-refractivity contribution in [2.75, 3.05) is 32.7 Å². The highest BCUT2D eigenvalue weighted by Crippen LogP contribution is 2.24. The number of methoxy groups -OCH3 is 2. The summed E-state index contributed by atoms with van der Waals surface area (Å²) in [4.78, 5) is 26.4. The SMILES string of the molecule is COC[C@H](C)N1C[C@H](C(=O)Nc2nnc(CCc3ccc(OC)cc3)s2)CC1=O.